The first-order chi connectivity index (χ1) is 8.20. The second-order valence-corrected chi connectivity index (χ2v) is 6.18. The zero-order valence-electron chi connectivity index (χ0n) is 9.21. The molecular formula is C13H12BrFN2. The third kappa shape index (κ3) is 1.53. The van der Waals surface area contributed by atoms with Crippen molar-refractivity contribution in [2.45, 2.75) is 25.2 Å². The predicted molar refractivity (Wildman–Crippen MR) is 67.3 cm³/mol. The van der Waals surface area contributed by atoms with Gasteiger partial charge in [0.05, 0.1) is 15.5 Å². The lowest BCUT2D eigenvalue weighted by atomic mass is 10.0. The summed E-state index contributed by atoms with van der Waals surface area (Å²) in [6.45, 7) is 0. The molecule has 2 nitrogen and oxygen atoms in total. The van der Waals surface area contributed by atoms with Gasteiger partial charge in [-0.2, -0.15) is 0 Å². The van der Waals surface area contributed by atoms with E-state index in [0.717, 1.165) is 28.7 Å². The van der Waals surface area contributed by atoms with Crippen molar-refractivity contribution in [2.75, 3.05) is 0 Å². The quantitative estimate of drug-likeness (QED) is 0.847. The molecule has 2 atom stereocenters. The zero-order valence-corrected chi connectivity index (χ0v) is 10.8. The SMILES string of the molecule is Fc1cc2[nH]c(C3CC4CC4C3)nc2cc1Br. The number of fused-ring (bicyclic) bond motifs is 2. The van der Waals surface area contributed by atoms with Gasteiger partial charge in [0.1, 0.15) is 11.6 Å². The molecule has 0 spiro atoms. The highest BCUT2D eigenvalue weighted by Crippen LogP contribution is 2.57. The Balaban J connectivity index is 1.76. The van der Waals surface area contributed by atoms with E-state index in [9.17, 15) is 4.39 Å². The first kappa shape index (κ1) is 10.1. The van der Waals surface area contributed by atoms with Crippen molar-refractivity contribution >= 4 is 27.0 Å². The molecule has 4 heteroatoms. The number of imidazole rings is 1. The maximum Gasteiger partial charge on any atom is 0.139 e. The third-order valence-electron chi connectivity index (χ3n) is 4.17. The van der Waals surface area contributed by atoms with Crippen LogP contribution in [0.2, 0.25) is 0 Å². The molecule has 1 aromatic carbocycles. The van der Waals surface area contributed by atoms with Gasteiger partial charge in [0, 0.05) is 12.0 Å². The number of aromatic amines is 1. The fourth-order valence-electron chi connectivity index (χ4n) is 3.16. The van der Waals surface area contributed by atoms with Crippen LogP contribution in [0.5, 0.6) is 0 Å². The lowest BCUT2D eigenvalue weighted by molar-refractivity contribution is 0.597. The van der Waals surface area contributed by atoms with Crippen LogP contribution in [-0.2, 0) is 0 Å². The van der Waals surface area contributed by atoms with Gasteiger partial charge in [-0.25, -0.2) is 9.37 Å². The predicted octanol–water partition coefficient (Wildman–Crippen LogP) is 3.98. The van der Waals surface area contributed by atoms with Gasteiger partial charge in [-0.15, -0.1) is 0 Å². The molecule has 2 aliphatic rings. The van der Waals surface area contributed by atoms with Crippen LogP contribution in [0.4, 0.5) is 4.39 Å². The van der Waals surface area contributed by atoms with E-state index in [0.29, 0.717) is 10.4 Å². The van der Waals surface area contributed by atoms with Crippen molar-refractivity contribution in [2.24, 2.45) is 11.8 Å². The molecule has 1 heterocycles. The molecule has 1 aromatic heterocycles. The van der Waals surface area contributed by atoms with Gasteiger partial charge in [0.15, 0.2) is 0 Å². The molecule has 1 N–H and O–H groups in total. The first-order valence-corrected chi connectivity index (χ1v) is 6.84. The number of nitrogens with one attached hydrogen (secondary N) is 1. The fourth-order valence-corrected chi connectivity index (χ4v) is 3.49. The number of benzene rings is 1. The molecule has 17 heavy (non-hydrogen) atoms. The van der Waals surface area contributed by atoms with Crippen molar-refractivity contribution in [3.8, 4) is 0 Å². The highest BCUT2D eigenvalue weighted by Gasteiger charge is 2.46. The van der Waals surface area contributed by atoms with Gasteiger partial charge in [0.2, 0.25) is 0 Å². The Morgan fingerprint density at radius 1 is 1.24 bits per heavy atom. The van der Waals surface area contributed by atoms with Crippen LogP contribution in [0.3, 0.4) is 0 Å². The van der Waals surface area contributed by atoms with Crippen LogP contribution in [-0.4, -0.2) is 9.97 Å². The Morgan fingerprint density at radius 3 is 2.76 bits per heavy atom. The lowest BCUT2D eigenvalue weighted by Gasteiger charge is -2.06. The van der Waals surface area contributed by atoms with Crippen LogP contribution >= 0.6 is 15.9 Å². The minimum Gasteiger partial charge on any atom is -0.342 e. The van der Waals surface area contributed by atoms with E-state index in [4.69, 9.17) is 0 Å². The number of aromatic nitrogens is 2. The van der Waals surface area contributed by atoms with E-state index in [1.54, 1.807) is 6.07 Å². The van der Waals surface area contributed by atoms with Gasteiger partial charge >= 0.3 is 0 Å². The molecule has 0 saturated heterocycles. The van der Waals surface area contributed by atoms with Crippen molar-refractivity contribution in [3.63, 3.8) is 0 Å². The summed E-state index contributed by atoms with van der Waals surface area (Å²) in [6, 6.07) is 3.27. The minimum absolute atomic E-state index is 0.234. The molecular weight excluding hydrogens is 283 g/mol. The van der Waals surface area contributed by atoms with Crippen LogP contribution < -0.4 is 0 Å². The maximum atomic E-state index is 13.4. The summed E-state index contributed by atoms with van der Waals surface area (Å²) in [5, 5.41) is 0. The average molecular weight is 295 g/mol. The van der Waals surface area contributed by atoms with Gasteiger partial charge in [0.25, 0.3) is 0 Å². The summed E-state index contributed by atoms with van der Waals surface area (Å²) in [5.74, 6) is 3.26. The highest BCUT2D eigenvalue weighted by atomic mass is 79.9. The monoisotopic (exact) mass is 294 g/mol. The van der Waals surface area contributed by atoms with Crippen molar-refractivity contribution < 1.29 is 4.39 Å². The van der Waals surface area contributed by atoms with Gasteiger partial charge < -0.3 is 4.98 Å². The van der Waals surface area contributed by atoms with E-state index < -0.39 is 0 Å². The molecule has 0 bridgehead atoms. The van der Waals surface area contributed by atoms with Gasteiger partial charge in [-0.3, -0.25) is 0 Å². The van der Waals surface area contributed by atoms with Crippen molar-refractivity contribution in [3.05, 3.63) is 28.2 Å². The van der Waals surface area contributed by atoms with Crippen LogP contribution in [0.1, 0.15) is 31.0 Å². The Labute approximate surface area is 107 Å². The molecule has 2 fully saturated rings. The molecule has 0 radical (unpaired) electrons. The number of nitrogens with zero attached hydrogens (tertiary/aromatic N) is 1. The molecule has 2 unspecified atom stereocenters. The fraction of sp³-hybridized carbons (Fsp3) is 0.462. The van der Waals surface area contributed by atoms with Crippen LogP contribution in [0, 0.1) is 17.7 Å². The summed E-state index contributed by atoms with van der Waals surface area (Å²) < 4.78 is 13.9. The van der Waals surface area contributed by atoms with E-state index in [1.807, 2.05) is 0 Å². The van der Waals surface area contributed by atoms with Crippen LogP contribution in [0.25, 0.3) is 11.0 Å². The number of H-pyrrole nitrogens is 1. The summed E-state index contributed by atoms with van der Waals surface area (Å²) in [6.07, 6.45) is 3.93. The molecule has 88 valence electrons. The summed E-state index contributed by atoms with van der Waals surface area (Å²) in [5.41, 5.74) is 1.66. The lowest BCUT2D eigenvalue weighted by Crippen LogP contribution is -1.97. The molecule has 0 amide bonds. The summed E-state index contributed by atoms with van der Waals surface area (Å²) in [7, 11) is 0. The molecule has 2 aromatic rings. The molecule has 2 aliphatic carbocycles. The maximum absolute atomic E-state index is 13.4. The van der Waals surface area contributed by atoms with E-state index >= 15 is 0 Å². The third-order valence-corrected chi connectivity index (χ3v) is 4.78. The van der Waals surface area contributed by atoms with Crippen molar-refractivity contribution in [1.82, 2.24) is 9.97 Å². The number of hydrogen-bond acceptors (Lipinski definition) is 1. The minimum atomic E-state index is -0.234. The van der Waals surface area contributed by atoms with Crippen LogP contribution in [0.15, 0.2) is 16.6 Å². The summed E-state index contributed by atoms with van der Waals surface area (Å²) in [4.78, 5) is 7.87. The number of rotatable bonds is 1. The summed E-state index contributed by atoms with van der Waals surface area (Å²) >= 11 is 3.20. The van der Waals surface area contributed by atoms with E-state index in [1.165, 1.54) is 25.3 Å². The van der Waals surface area contributed by atoms with E-state index in [-0.39, 0.29) is 5.82 Å². The smallest absolute Gasteiger partial charge is 0.139 e. The Hall–Kier alpha value is -0.900. The molecule has 0 aliphatic heterocycles. The van der Waals surface area contributed by atoms with Gasteiger partial charge in [-0.1, -0.05) is 0 Å². The van der Waals surface area contributed by atoms with Crippen molar-refractivity contribution in [1.29, 1.82) is 0 Å². The topological polar surface area (TPSA) is 28.7 Å². The molecule has 4 rings (SSSR count). The second kappa shape index (κ2) is 3.31. The average Bonchev–Trinajstić information content (AvgIpc) is 2.74. The normalized spacial score (nSPS) is 30.8. The zero-order chi connectivity index (χ0) is 11.6. The standard InChI is InChI=1S/C13H12BrFN2/c14-9-4-11-12(5-10(9)15)17-13(16-11)8-2-6-1-7(6)3-8/h4-8H,1-3H2,(H,16,17). The number of hydrogen-bond donors (Lipinski definition) is 1. The molecule has 2 saturated carbocycles. The van der Waals surface area contributed by atoms with Gasteiger partial charge in [-0.05, 0) is 53.1 Å². The Morgan fingerprint density at radius 2 is 2.00 bits per heavy atom. The first-order valence-electron chi connectivity index (χ1n) is 6.05. The second-order valence-electron chi connectivity index (χ2n) is 5.33. The Bertz CT molecular complexity index is 558. The highest BCUT2D eigenvalue weighted by molar-refractivity contribution is 9.10. The number of halogens is 2. The Kier molecular flexibility index (Phi) is 1.96. The largest absolute Gasteiger partial charge is 0.342 e. The van der Waals surface area contributed by atoms with E-state index in [2.05, 4.69) is 25.9 Å².